The van der Waals surface area contributed by atoms with Crippen molar-refractivity contribution >= 4 is 0 Å². The summed E-state index contributed by atoms with van der Waals surface area (Å²) in [5.74, 6) is 3.13. The summed E-state index contributed by atoms with van der Waals surface area (Å²) in [6.07, 6.45) is 1.97. The minimum absolute atomic E-state index is 0.339. The predicted octanol–water partition coefficient (Wildman–Crippen LogP) is 4.03. The fourth-order valence-electron chi connectivity index (χ4n) is 4.27. The number of hydrogen-bond acceptors (Lipinski definition) is 4. The molecule has 0 amide bonds. The summed E-state index contributed by atoms with van der Waals surface area (Å²) in [5, 5.41) is 0. The van der Waals surface area contributed by atoms with Gasteiger partial charge < -0.3 is 23.4 Å². The number of quaternary nitrogens is 1. The molecule has 5 heteroatoms. The van der Waals surface area contributed by atoms with Crippen molar-refractivity contribution in [2.75, 3.05) is 48.6 Å². The Labute approximate surface area is 168 Å². The molecule has 5 nitrogen and oxygen atoms in total. The molecule has 0 N–H and O–H groups in total. The van der Waals surface area contributed by atoms with E-state index in [1.165, 1.54) is 16.7 Å². The molecule has 0 radical (unpaired) electrons. The maximum absolute atomic E-state index is 5.60. The van der Waals surface area contributed by atoms with E-state index in [1.807, 2.05) is 6.07 Å². The molecule has 0 saturated heterocycles. The minimum atomic E-state index is 0.339. The van der Waals surface area contributed by atoms with E-state index in [0.29, 0.717) is 6.04 Å². The van der Waals surface area contributed by atoms with Crippen LogP contribution in [-0.2, 0) is 12.8 Å². The quantitative estimate of drug-likeness (QED) is 0.674. The van der Waals surface area contributed by atoms with E-state index >= 15 is 0 Å². The Morgan fingerprint density at radius 1 is 0.857 bits per heavy atom. The Balaban J connectivity index is 2.05. The summed E-state index contributed by atoms with van der Waals surface area (Å²) in [7, 11) is 9.09. The third-order valence-corrected chi connectivity index (χ3v) is 6.25. The van der Waals surface area contributed by atoms with Crippen LogP contribution in [0.25, 0.3) is 0 Å². The van der Waals surface area contributed by atoms with E-state index in [9.17, 15) is 0 Å². The van der Waals surface area contributed by atoms with Gasteiger partial charge in [0.15, 0.2) is 23.0 Å². The Morgan fingerprint density at radius 3 is 2.07 bits per heavy atom. The molecule has 28 heavy (non-hydrogen) atoms. The third-order valence-electron chi connectivity index (χ3n) is 6.25. The van der Waals surface area contributed by atoms with E-state index in [2.05, 4.69) is 38.2 Å². The van der Waals surface area contributed by atoms with Gasteiger partial charge in [0.1, 0.15) is 6.04 Å². The van der Waals surface area contributed by atoms with Crippen LogP contribution in [0.2, 0.25) is 0 Å². The van der Waals surface area contributed by atoms with Gasteiger partial charge in [-0.05, 0) is 42.3 Å². The van der Waals surface area contributed by atoms with Crippen LogP contribution in [-0.4, -0.2) is 53.1 Å². The second-order valence-corrected chi connectivity index (χ2v) is 7.58. The molecule has 2 unspecified atom stereocenters. The first-order chi connectivity index (χ1) is 13.5. The van der Waals surface area contributed by atoms with E-state index in [0.717, 1.165) is 53.4 Å². The smallest absolute Gasteiger partial charge is 0.161 e. The summed E-state index contributed by atoms with van der Waals surface area (Å²) in [5.41, 5.74) is 3.94. The van der Waals surface area contributed by atoms with Crippen molar-refractivity contribution in [3.8, 4) is 23.0 Å². The molecule has 1 heterocycles. The van der Waals surface area contributed by atoms with Gasteiger partial charge in [0.2, 0.25) is 0 Å². The van der Waals surface area contributed by atoms with Gasteiger partial charge in [-0.3, -0.25) is 0 Å². The molecule has 3 rings (SSSR count). The second kappa shape index (κ2) is 8.31. The topological polar surface area (TPSA) is 36.9 Å². The molecule has 0 bridgehead atoms. The molecule has 0 saturated carbocycles. The number of nitrogens with zero attached hydrogens (tertiary/aromatic N) is 1. The summed E-state index contributed by atoms with van der Waals surface area (Å²) in [6, 6.07) is 10.9. The highest BCUT2D eigenvalue weighted by Gasteiger charge is 2.38. The first kappa shape index (κ1) is 20.3. The maximum atomic E-state index is 5.60. The molecule has 0 aromatic heterocycles. The highest BCUT2D eigenvalue weighted by atomic mass is 16.5. The summed E-state index contributed by atoms with van der Waals surface area (Å²) < 4.78 is 23.0. The zero-order valence-electron chi connectivity index (χ0n) is 17.9. The number of rotatable bonds is 7. The molecule has 2 aromatic carbocycles. The zero-order valence-corrected chi connectivity index (χ0v) is 17.9. The van der Waals surface area contributed by atoms with Crippen LogP contribution in [0.5, 0.6) is 23.0 Å². The first-order valence-electron chi connectivity index (χ1n) is 9.79. The molecule has 2 aromatic rings. The Bertz CT molecular complexity index is 836. The van der Waals surface area contributed by atoms with Gasteiger partial charge in [-0.25, -0.2) is 0 Å². The molecule has 2 atom stereocenters. The van der Waals surface area contributed by atoms with Gasteiger partial charge in [-0.15, -0.1) is 0 Å². The van der Waals surface area contributed by atoms with Crippen LogP contribution >= 0.6 is 0 Å². The molecule has 1 aliphatic heterocycles. The van der Waals surface area contributed by atoms with Gasteiger partial charge in [0.05, 0.1) is 48.6 Å². The Morgan fingerprint density at radius 2 is 1.46 bits per heavy atom. The minimum Gasteiger partial charge on any atom is -0.493 e. The van der Waals surface area contributed by atoms with Gasteiger partial charge >= 0.3 is 0 Å². The second-order valence-electron chi connectivity index (χ2n) is 7.58. The van der Waals surface area contributed by atoms with Crippen LogP contribution in [0.3, 0.4) is 0 Å². The summed E-state index contributed by atoms with van der Waals surface area (Å²) >= 11 is 0. The number of hydrogen-bond donors (Lipinski definition) is 0. The van der Waals surface area contributed by atoms with E-state index in [1.54, 1.807) is 28.4 Å². The van der Waals surface area contributed by atoms with E-state index < -0.39 is 0 Å². The van der Waals surface area contributed by atoms with Gasteiger partial charge in [-0.1, -0.05) is 6.07 Å². The predicted molar refractivity (Wildman–Crippen MR) is 111 cm³/mol. The van der Waals surface area contributed by atoms with Crippen molar-refractivity contribution in [3.05, 3.63) is 47.0 Å². The van der Waals surface area contributed by atoms with Gasteiger partial charge in [0.25, 0.3) is 0 Å². The normalized spacial score (nSPS) is 21.0. The molecule has 0 spiro atoms. The zero-order chi connectivity index (χ0) is 20.3. The molecule has 0 fully saturated rings. The standard InChI is InChI=1S/C23H32NO4/c1-7-24(2)11-10-17-14-22(27-5)23(28-6)15-18(17)19(24)12-16-8-9-20(25-3)21(13-16)26-4/h8-9,13-15,19H,7,10-12H2,1-6H3/q+1. The Hall–Kier alpha value is -2.40. The van der Waals surface area contributed by atoms with Gasteiger partial charge in [0, 0.05) is 18.4 Å². The van der Waals surface area contributed by atoms with Crippen molar-refractivity contribution in [1.82, 2.24) is 0 Å². The van der Waals surface area contributed by atoms with Crippen molar-refractivity contribution in [2.45, 2.75) is 25.8 Å². The average molecular weight is 387 g/mol. The van der Waals surface area contributed by atoms with Crippen molar-refractivity contribution in [2.24, 2.45) is 0 Å². The number of benzene rings is 2. The lowest BCUT2D eigenvalue weighted by molar-refractivity contribution is -0.939. The number of ether oxygens (including phenoxy) is 4. The Kier molecular flexibility index (Phi) is 6.04. The first-order valence-corrected chi connectivity index (χ1v) is 9.79. The summed E-state index contributed by atoms with van der Waals surface area (Å²) in [6.45, 7) is 4.45. The highest BCUT2D eigenvalue weighted by Crippen LogP contribution is 2.42. The van der Waals surface area contributed by atoms with Crippen molar-refractivity contribution in [3.63, 3.8) is 0 Å². The fourth-order valence-corrected chi connectivity index (χ4v) is 4.27. The maximum Gasteiger partial charge on any atom is 0.161 e. The highest BCUT2D eigenvalue weighted by molar-refractivity contribution is 5.50. The lowest BCUT2D eigenvalue weighted by atomic mass is 9.86. The number of fused-ring (bicyclic) bond motifs is 1. The van der Waals surface area contributed by atoms with Crippen molar-refractivity contribution in [1.29, 1.82) is 0 Å². The molecule has 1 aliphatic rings. The number of likely N-dealkylation sites (N-methyl/N-ethyl adjacent to an activating group) is 1. The largest absolute Gasteiger partial charge is 0.493 e. The average Bonchev–Trinajstić information content (AvgIpc) is 2.74. The van der Waals surface area contributed by atoms with Crippen LogP contribution in [0.4, 0.5) is 0 Å². The van der Waals surface area contributed by atoms with E-state index in [-0.39, 0.29) is 0 Å². The SMILES string of the molecule is CC[N+]1(C)CCc2cc(OC)c(OC)cc2C1Cc1ccc(OC)c(OC)c1. The monoisotopic (exact) mass is 386 g/mol. The fraction of sp³-hybridized carbons (Fsp3) is 0.478. The number of methoxy groups -OCH3 is 4. The van der Waals surface area contributed by atoms with Crippen LogP contribution in [0, 0.1) is 0 Å². The molecular weight excluding hydrogens is 354 g/mol. The molecule has 0 aliphatic carbocycles. The van der Waals surface area contributed by atoms with Crippen LogP contribution in [0.1, 0.15) is 29.7 Å². The lowest BCUT2D eigenvalue weighted by Gasteiger charge is -2.45. The van der Waals surface area contributed by atoms with Gasteiger partial charge in [-0.2, -0.15) is 0 Å². The summed E-state index contributed by atoms with van der Waals surface area (Å²) in [4.78, 5) is 0. The van der Waals surface area contributed by atoms with Crippen LogP contribution < -0.4 is 18.9 Å². The molecular formula is C23H32NO4+. The molecule has 152 valence electrons. The lowest BCUT2D eigenvalue weighted by Crippen LogP contribution is -2.51. The van der Waals surface area contributed by atoms with Crippen molar-refractivity contribution < 1.29 is 23.4 Å². The third kappa shape index (κ3) is 3.63. The van der Waals surface area contributed by atoms with Crippen LogP contribution in [0.15, 0.2) is 30.3 Å². The van der Waals surface area contributed by atoms with E-state index in [4.69, 9.17) is 18.9 Å².